The molecule has 1 rings (SSSR count). The van der Waals surface area contributed by atoms with E-state index in [1.807, 2.05) is 20.8 Å². The molecule has 0 saturated carbocycles. The smallest absolute Gasteiger partial charge is 0.325 e. The number of esters is 1. The second-order valence-corrected chi connectivity index (χ2v) is 4.76. The van der Waals surface area contributed by atoms with E-state index in [0.29, 0.717) is 0 Å². The molecule has 1 aliphatic rings. The van der Waals surface area contributed by atoms with Gasteiger partial charge in [0.1, 0.15) is 11.6 Å². The summed E-state index contributed by atoms with van der Waals surface area (Å²) in [5.41, 5.74) is 5.34. The van der Waals surface area contributed by atoms with Crippen molar-refractivity contribution < 1.29 is 9.53 Å². The van der Waals surface area contributed by atoms with Crippen molar-refractivity contribution in [2.24, 2.45) is 5.73 Å². The maximum atomic E-state index is 11.6. The minimum absolute atomic E-state index is 0.0878. The Hall–Kier alpha value is -0.610. The van der Waals surface area contributed by atoms with Gasteiger partial charge in [0.2, 0.25) is 0 Å². The molecule has 4 heteroatoms. The predicted molar refractivity (Wildman–Crippen MR) is 54.8 cm³/mol. The molecule has 0 aliphatic carbocycles. The van der Waals surface area contributed by atoms with Gasteiger partial charge < -0.3 is 15.8 Å². The highest BCUT2D eigenvalue weighted by atomic mass is 16.6. The number of rotatable bonds is 2. The second-order valence-electron chi connectivity index (χ2n) is 4.76. The van der Waals surface area contributed by atoms with Gasteiger partial charge in [0.05, 0.1) is 0 Å². The average molecular weight is 200 g/mol. The topological polar surface area (TPSA) is 64.3 Å². The number of carbonyl (C=O) groups excluding carboxylic acids is 1. The van der Waals surface area contributed by atoms with Crippen LogP contribution in [0.2, 0.25) is 0 Å². The molecule has 82 valence electrons. The van der Waals surface area contributed by atoms with Gasteiger partial charge in [-0.05, 0) is 40.2 Å². The summed E-state index contributed by atoms with van der Waals surface area (Å²) in [5, 5.41) is 3.20. The lowest BCUT2D eigenvalue weighted by molar-refractivity contribution is -0.157. The Morgan fingerprint density at radius 1 is 1.57 bits per heavy atom. The van der Waals surface area contributed by atoms with E-state index in [1.165, 1.54) is 0 Å². The molecule has 0 unspecified atom stereocenters. The minimum Gasteiger partial charge on any atom is -0.459 e. The molecule has 3 N–H and O–H groups in total. The fourth-order valence-corrected chi connectivity index (χ4v) is 1.55. The van der Waals surface area contributed by atoms with Crippen LogP contribution in [-0.4, -0.2) is 30.2 Å². The molecule has 0 amide bonds. The molecule has 14 heavy (non-hydrogen) atoms. The fraction of sp³-hybridized carbons (Fsp3) is 0.900. The summed E-state index contributed by atoms with van der Waals surface area (Å²) in [4.78, 5) is 11.6. The molecule has 0 spiro atoms. The van der Waals surface area contributed by atoms with Gasteiger partial charge in [0, 0.05) is 6.04 Å². The van der Waals surface area contributed by atoms with E-state index < -0.39 is 11.6 Å². The third-order valence-corrected chi connectivity index (χ3v) is 2.21. The van der Waals surface area contributed by atoms with Gasteiger partial charge in [0.15, 0.2) is 0 Å². The minimum atomic E-state index is -0.531. The third kappa shape index (κ3) is 3.27. The lowest BCUT2D eigenvalue weighted by atomic mass is 10.1. The van der Waals surface area contributed by atoms with Gasteiger partial charge in [-0.2, -0.15) is 0 Å². The van der Waals surface area contributed by atoms with Gasteiger partial charge in [-0.3, -0.25) is 4.79 Å². The van der Waals surface area contributed by atoms with Gasteiger partial charge in [-0.15, -0.1) is 0 Å². The molecule has 0 radical (unpaired) electrons. The number of nitrogens with two attached hydrogens (primary N) is 1. The molecular weight excluding hydrogens is 180 g/mol. The van der Waals surface area contributed by atoms with Crippen LogP contribution < -0.4 is 11.1 Å². The molecule has 2 atom stereocenters. The number of hydrogen-bond acceptors (Lipinski definition) is 4. The lowest BCUT2D eigenvalue weighted by Gasteiger charge is -2.24. The summed E-state index contributed by atoms with van der Waals surface area (Å²) in [6.07, 6.45) is 2.04. The van der Waals surface area contributed by atoms with E-state index in [4.69, 9.17) is 10.5 Å². The summed E-state index contributed by atoms with van der Waals surface area (Å²) in [6, 6.07) is -0.443. The molecule has 4 nitrogen and oxygen atoms in total. The highest BCUT2D eigenvalue weighted by Gasteiger charge is 2.30. The highest BCUT2D eigenvalue weighted by Crippen LogP contribution is 2.13. The first-order valence-corrected chi connectivity index (χ1v) is 5.12. The highest BCUT2D eigenvalue weighted by molar-refractivity contribution is 5.76. The number of hydrogen-bond donors (Lipinski definition) is 2. The van der Waals surface area contributed by atoms with Crippen LogP contribution in [-0.2, 0) is 9.53 Å². The molecule has 1 heterocycles. The first kappa shape index (κ1) is 11.5. The monoisotopic (exact) mass is 200 g/mol. The number of ether oxygens (including phenoxy) is 1. The molecule has 0 aromatic carbocycles. The van der Waals surface area contributed by atoms with Crippen molar-refractivity contribution in [2.45, 2.75) is 51.3 Å². The van der Waals surface area contributed by atoms with Crippen molar-refractivity contribution in [1.29, 1.82) is 0 Å². The third-order valence-electron chi connectivity index (χ3n) is 2.21. The van der Waals surface area contributed by atoms with Gasteiger partial charge >= 0.3 is 5.97 Å². The molecule has 0 aromatic heterocycles. The molecule has 1 saturated heterocycles. The molecule has 0 aromatic rings. The zero-order valence-corrected chi connectivity index (χ0v) is 9.17. The van der Waals surface area contributed by atoms with Crippen molar-refractivity contribution in [2.75, 3.05) is 6.54 Å². The molecule has 1 aliphatic heterocycles. The summed E-state index contributed by atoms with van der Waals surface area (Å²) in [5.74, 6) is -0.308. The van der Waals surface area contributed by atoms with Crippen molar-refractivity contribution >= 4 is 5.97 Å². The van der Waals surface area contributed by atoms with E-state index in [-0.39, 0.29) is 12.0 Å². The van der Waals surface area contributed by atoms with Gasteiger partial charge in [-0.1, -0.05) is 0 Å². The normalized spacial score (nSPS) is 24.7. The van der Waals surface area contributed by atoms with Crippen LogP contribution in [0.15, 0.2) is 0 Å². The Balaban J connectivity index is 2.43. The van der Waals surface area contributed by atoms with Gasteiger partial charge in [-0.25, -0.2) is 0 Å². The standard InChI is InChI=1S/C10H20N2O2/c1-10(2,3)14-9(13)8(11)7-5-4-6-12-7/h7-8,12H,4-6,11H2,1-3H3/t7-,8+/m1/s1. The van der Waals surface area contributed by atoms with Gasteiger partial charge in [0.25, 0.3) is 0 Å². The average Bonchev–Trinajstić information content (AvgIpc) is 2.51. The quantitative estimate of drug-likeness (QED) is 0.634. The fourth-order valence-electron chi connectivity index (χ4n) is 1.55. The predicted octanol–water partition coefficient (Wildman–Crippen LogP) is 0.407. The largest absolute Gasteiger partial charge is 0.459 e. The lowest BCUT2D eigenvalue weighted by Crippen LogP contribution is -2.49. The van der Waals surface area contributed by atoms with E-state index in [9.17, 15) is 4.79 Å². The first-order valence-electron chi connectivity index (χ1n) is 5.12. The van der Waals surface area contributed by atoms with Crippen molar-refractivity contribution in [3.8, 4) is 0 Å². The van der Waals surface area contributed by atoms with Crippen LogP contribution in [0.1, 0.15) is 33.6 Å². The van der Waals surface area contributed by atoms with Crippen LogP contribution in [0.25, 0.3) is 0 Å². The van der Waals surface area contributed by atoms with E-state index in [1.54, 1.807) is 0 Å². The Bertz CT molecular complexity index is 205. The Labute approximate surface area is 85.2 Å². The summed E-state index contributed by atoms with van der Waals surface area (Å²) in [7, 11) is 0. The van der Waals surface area contributed by atoms with Crippen LogP contribution in [0.4, 0.5) is 0 Å². The van der Waals surface area contributed by atoms with Crippen LogP contribution in [0, 0.1) is 0 Å². The Morgan fingerprint density at radius 3 is 2.64 bits per heavy atom. The van der Waals surface area contributed by atoms with E-state index >= 15 is 0 Å². The Kier molecular flexibility index (Phi) is 3.50. The van der Waals surface area contributed by atoms with Crippen LogP contribution >= 0.6 is 0 Å². The number of nitrogens with one attached hydrogen (secondary N) is 1. The number of carbonyl (C=O) groups is 1. The summed E-state index contributed by atoms with van der Waals surface area (Å²) >= 11 is 0. The van der Waals surface area contributed by atoms with Crippen LogP contribution in [0.5, 0.6) is 0 Å². The summed E-state index contributed by atoms with van der Waals surface area (Å²) in [6.45, 7) is 6.49. The molecule has 1 fully saturated rings. The SMILES string of the molecule is CC(C)(C)OC(=O)[C@@H](N)[C@H]1CCCN1. The maximum Gasteiger partial charge on any atom is 0.325 e. The molecule has 0 bridgehead atoms. The zero-order valence-electron chi connectivity index (χ0n) is 9.17. The molecular formula is C10H20N2O2. The maximum absolute atomic E-state index is 11.6. The van der Waals surface area contributed by atoms with Crippen molar-refractivity contribution in [1.82, 2.24) is 5.32 Å². The van der Waals surface area contributed by atoms with Crippen molar-refractivity contribution in [3.63, 3.8) is 0 Å². The van der Waals surface area contributed by atoms with E-state index in [0.717, 1.165) is 19.4 Å². The first-order chi connectivity index (χ1) is 6.40. The Morgan fingerprint density at radius 2 is 2.21 bits per heavy atom. The van der Waals surface area contributed by atoms with Crippen molar-refractivity contribution in [3.05, 3.63) is 0 Å². The van der Waals surface area contributed by atoms with Crippen LogP contribution in [0.3, 0.4) is 0 Å². The zero-order chi connectivity index (χ0) is 10.8. The van der Waals surface area contributed by atoms with E-state index in [2.05, 4.69) is 5.32 Å². The second kappa shape index (κ2) is 4.28. The summed E-state index contributed by atoms with van der Waals surface area (Å²) < 4.78 is 5.21.